The maximum atomic E-state index is 10.7. The van der Waals surface area contributed by atoms with Gasteiger partial charge in [-0.15, -0.1) is 0 Å². The topological polar surface area (TPSA) is 55.1 Å². The molecule has 94 valence electrons. The van der Waals surface area contributed by atoms with Crippen molar-refractivity contribution in [3.05, 3.63) is 59.4 Å². The van der Waals surface area contributed by atoms with E-state index in [1.165, 1.54) is 12.1 Å². The van der Waals surface area contributed by atoms with Gasteiger partial charge in [-0.2, -0.15) is 5.10 Å². The summed E-state index contributed by atoms with van der Waals surface area (Å²) < 4.78 is 1.72. The Hall–Kier alpha value is -2.80. The number of hydrogen-bond donors (Lipinski definition) is 1. The number of benzene rings is 1. The Kier molecular flexibility index (Phi) is 3.79. The second-order valence-corrected chi connectivity index (χ2v) is 3.93. The lowest BCUT2D eigenvalue weighted by Gasteiger charge is -1.92. The third-order valence-corrected chi connectivity index (χ3v) is 2.43. The number of aryl methyl sites for hydroxylation is 1. The number of nitrogens with zero attached hydrogens (tertiary/aromatic N) is 2. The number of aromatic carboxylic acids is 1. The van der Waals surface area contributed by atoms with Gasteiger partial charge in [-0.1, -0.05) is 11.8 Å². The van der Waals surface area contributed by atoms with Crippen molar-refractivity contribution in [2.75, 3.05) is 0 Å². The fourth-order valence-corrected chi connectivity index (χ4v) is 1.49. The molecule has 2 rings (SSSR count). The summed E-state index contributed by atoms with van der Waals surface area (Å²) in [5.74, 6) is 4.89. The van der Waals surface area contributed by atoms with Crippen LogP contribution in [0.25, 0.3) is 6.08 Å². The van der Waals surface area contributed by atoms with Gasteiger partial charge in [-0.05, 0) is 36.4 Å². The summed E-state index contributed by atoms with van der Waals surface area (Å²) in [6, 6.07) is 6.46. The zero-order valence-corrected chi connectivity index (χ0v) is 10.4. The van der Waals surface area contributed by atoms with Crippen molar-refractivity contribution in [2.24, 2.45) is 7.05 Å². The fourth-order valence-electron chi connectivity index (χ4n) is 1.49. The van der Waals surface area contributed by atoms with Crippen LogP contribution in [-0.2, 0) is 7.05 Å². The largest absolute Gasteiger partial charge is 0.478 e. The first-order valence-corrected chi connectivity index (χ1v) is 5.65. The van der Waals surface area contributed by atoms with E-state index in [9.17, 15) is 4.79 Å². The first kappa shape index (κ1) is 12.7. The molecule has 0 unspecified atom stereocenters. The van der Waals surface area contributed by atoms with Crippen LogP contribution >= 0.6 is 0 Å². The van der Waals surface area contributed by atoms with Crippen molar-refractivity contribution in [1.82, 2.24) is 9.78 Å². The van der Waals surface area contributed by atoms with E-state index in [2.05, 4.69) is 16.9 Å². The standard InChI is InChI=1S/C15H12N2O2/c1-17-11-13(10-16-17)5-3-2-4-12-6-8-14(9-7-12)15(18)19/h3,5-11H,1H3,(H,18,19). The molecule has 19 heavy (non-hydrogen) atoms. The molecule has 0 fully saturated rings. The van der Waals surface area contributed by atoms with E-state index in [1.807, 2.05) is 19.3 Å². The quantitative estimate of drug-likeness (QED) is 0.833. The summed E-state index contributed by atoms with van der Waals surface area (Å²) in [6.45, 7) is 0. The van der Waals surface area contributed by atoms with Gasteiger partial charge in [0.2, 0.25) is 0 Å². The lowest BCUT2D eigenvalue weighted by molar-refractivity contribution is 0.0697. The molecule has 1 aromatic carbocycles. The van der Waals surface area contributed by atoms with Crippen LogP contribution in [-0.4, -0.2) is 20.9 Å². The minimum absolute atomic E-state index is 0.261. The van der Waals surface area contributed by atoms with Gasteiger partial charge in [0.05, 0.1) is 11.8 Å². The minimum Gasteiger partial charge on any atom is -0.478 e. The average Bonchev–Trinajstić information content (AvgIpc) is 2.81. The van der Waals surface area contributed by atoms with Gasteiger partial charge in [0.1, 0.15) is 0 Å². The smallest absolute Gasteiger partial charge is 0.335 e. The first-order valence-electron chi connectivity index (χ1n) is 5.65. The van der Waals surface area contributed by atoms with E-state index in [1.54, 1.807) is 29.1 Å². The molecule has 0 aliphatic heterocycles. The second-order valence-electron chi connectivity index (χ2n) is 3.93. The van der Waals surface area contributed by atoms with Gasteiger partial charge in [0.15, 0.2) is 0 Å². The lowest BCUT2D eigenvalue weighted by atomic mass is 10.1. The molecule has 4 heteroatoms. The highest BCUT2D eigenvalue weighted by molar-refractivity contribution is 5.87. The van der Waals surface area contributed by atoms with Gasteiger partial charge in [-0.25, -0.2) is 4.79 Å². The summed E-state index contributed by atoms with van der Waals surface area (Å²) in [5.41, 5.74) is 2.02. The summed E-state index contributed by atoms with van der Waals surface area (Å²) in [4.78, 5) is 10.7. The molecule has 1 N–H and O–H groups in total. The second kappa shape index (κ2) is 5.69. The lowest BCUT2D eigenvalue weighted by Crippen LogP contribution is -1.94. The number of carbonyl (C=O) groups is 1. The van der Waals surface area contributed by atoms with Crippen molar-refractivity contribution >= 4 is 12.0 Å². The third kappa shape index (κ3) is 3.58. The van der Waals surface area contributed by atoms with Gasteiger partial charge in [0.25, 0.3) is 0 Å². The van der Waals surface area contributed by atoms with Gasteiger partial charge in [-0.3, -0.25) is 4.68 Å². The fraction of sp³-hybridized carbons (Fsp3) is 0.0667. The van der Waals surface area contributed by atoms with E-state index in [4.69, 9.17) is 5.11 Å². The Morgan fingerprint density at radius 1 is 1.37 bits per heavy atom. The van der Waals surface area contributed by atoms with E-state index in [0.29, 0.717) is 0 Å². The first-order chi connectivity index (χ1) is 9.15. The van der Waals surface area contributed by atoms with E-state index < -0.39 is 5.97 Å². The summed E-state index contributed by atoms with van der Waals surface area (Å²) in [5, 5.41) is 12.8. The molecule has 0 spiro atoms. The van der Waals surface area contributed by atoms with Crippen LogP contribution in [0.3, 0.4) is 0 Å². The van der Waals surface area contributed by atoms with Crippen molar-refractivity contribution in [1.29, 1.82) is 0 Å². The average molecular weight is 252 g/mol. The number of allylic oxidation sites excluding steroid dienone is 1. The van der Waals surface area contributed by atoms with Crippen molar-refractivity contribution < 1.29 is 9.90 Å². The third-order valence-electron chi connectivity index (χ3n) is 2.43. The molecular formula is C15H12N2O2. The Balaban J connectivity index is 2.03. The van der Waals surface area contributed by atoms with E-state index >= 15 is 0 Å². The van der Waals surface area contributed by atoms with Crippen LogP contribution in [0.1, 0.15) is 21.5 Å². The van der Waals surface area contributed by atoms with Crippen molar-refractivity contribution in [2.45, 2.75) is 0 Å². The monoisotopic (exact) mass is 252 g/mol. The molecule has 0 atom stereocenters. The molecule has 0 saturated carbocycles. The maximum Gasteiger partial charge on any atom is 0.335 e. The Labute approximate surface area is 111 Å². The Bertz CT molecular complexity index is 670. The normalized spacial score (nSPS) is 10.2. The summed E-state index contributed by atoms with van der Waals surface area (Å²) >= 11 is 0. The molecule has 4 nitrogen and oxygen atoms in total. The van der Waals surface area contributed by atoms with Crippen LogP contribution in [0.15, 0.2) is 42.7 Å². The zero-order valence-electron chi connectivity index (χ0n) is 10.4. The van der Waals surface area contributed by atoms with Crippen LogP contribution in [0.4, 0.5) is 0 Å². The van der Waals surface area contributed by atoms with Crippen LogP contribution in [0.2, 0.25) is 0 Å². The highest BCUT2D eigenvalue weighted by Gasteiger charge is 1.99. The highest BCUT2D eigenvalue weighted by atomic mass is 16.4. The molecule has 0 aliphatic rings. The SMILES string of the molecule is Cn1cc(C=CC#Cc2ccc(C(=O)O)cc2)cn1. The minimum atomic E-state index is -0.934. The van der Waals surface area contributed by atoms with Crippen LogP contribution in [0.5, 0.6) is 0 Å². The molecule has 2 aromatic rings. The predicted octanol–water partition coefficient (Wildman–Crippen LogP) is 2.18. The predicted molar refractivity (Wildman–Crippen MR) is 72.5 cm³/mol. The number of carboxylic acids is 1. The molecular weight excluding hydrogens is 240 g/mol. The molecule has 0 bridgehead atoms. The van der Waals surface area contributed by atoms with E-state index in [-0.39, 0.29) is 5.56 Å². The zero-order chi connectivity index (χ0) is 13.7. The molecule has 1 heterocycles. The van der Waals surface area contributed by atoms with Gasteiger partial charge < -0.3 is 5.11 Å². The van der Waals surface area contributed by atoms with Crippen LogP contribution in [0, 0.1) is 11.8 Å². The molecule has 0 amide bonds. The van der Waals surface area contributed by atoms with Gasteiger partial charge in [0, 0.05) is 24.4 Å². The number of hydrogen-bond acceptors (Lipinski definition) is 2. The molecule has 1 aromatic heterocycles. The van der Waals surface area contributed by atoms with Crippen molar-refractivity contribution in [3.8, 4) is 11.8 Å². The van der Waals surface area contributed by atoms with Crippen molar-refractivity contribution in [3.63, 3.8) is 0 Å². The van der Waals surface area contributed by atoms with Gasteiger partial charge >= 0.3 is 5.97 Å². The molecule has 0 aliphatic carbocycles. The molecule has 0 radical (unpaired) electrons. The maximum absolute atomic E-state index is 10.7. The summed E-state index contributed by atoms with van der Waals surface area (Å²) in [6.07, 6.45) is 7.24. The number of aromatic nitrogens is 2. The Morgan fingerprint density at radius 2 is 2.11 bits per heavy atom. The van der Waals surface area contributed by atoms with Crippen LogP contribution < -0.4 is 0 Å². The number of rotatable bonds is 2. The Morgan fingerprint density at radius 3 is 2.68 bits per heavy atom. The number of carboxylic acid groups (broad SMARTS) is 1. The molecule has 0 saturated heterocycles. The summed E-state index contributed by atoms with van der Waals surface area (Å²) in [7, 11) is 1.85. The highest BCUT2D eigenvalue weighted by Crippen LogP contribution is 2.03. The van der Waals surface area contributed by atoms with E-state index in [0.717, 1.165) is 11.1 Å².